The number of fused-ring (bicyclic) bond motifs is 4. The summed E-state index contributed by atoms with van der Waals surface area (Å²) >= 11 is 0. The van der Waals surface area contributed by atoms with Gasteiger partial charge in [-0.3, -0.25) is 13.7 Å². The first kappa shape index (κ1) is 31.2. The van der Waals surface area contributed by atoms with Crippen molar-refractivity contribution in [2.24, 2.45) is 0 Å². The van der Waals surface area contributed by atoms with Crippen LogP contribution in [0.15, 0.2) is 351 Å². The van der Waals surface area contributed by atoms with Gasteiger partial charge < -0.3 is 4.74 Å². The molecule has 0 unspecified atom stereocenters. The number of ether oxygens (including phenoxy) is 1. The summed E-state index contributed by atoms with van der Waals surface area (Å²) in [5.74, 6) is -0.0101. The van der Waals surface area contributed by atoms with Gasteiger partial charge in [-0.2, -0.15) is 0 Å². The van der Waals surface area contributed by atoms with Crippen molar-refractivity contribution < 1.29 is 61.4 Å². The largest absolute Gasteiger partial charge is 0.458 e. The van der Waals surface area contributed by atoms with Crippen molar-refractivity contribution in [3.63, 3.8) is 0 Å². The molecule has 13 aromatic carbocycles. The molecular weight excluding hydrogens is 1200 g/mol. The van der Waals surface area contributed by atoms with Crippen LogP contribution in [0.5, 0.6) is 11.5 Å². The van der Waals surface area contributed by atoms with Gasteiger partial charge in [-0.05, 0) is 124 Å². The average Bonchev–Trinajstić information content (AvgIpc) is 0.889. The molecule has 7 heteroatoms. The van der Waals surface area contributed by atoms with E-state index in [1.165, 1.54) is 75.9 Å². The van der Waals surface area contributed by atoms with Gasteiger partial charge in [0.05, 0.1) is 81.4 Å². The van der Waals surface area contributed by atoms with Gasteiger partial charge in [0, 0.05) is 32.7 Å². The van der Waals surface area contributed by atoms with E-state index in [2.05, 4.69) is 6.33 Å². The van der Waals surface area contributed by atoms with Crippen molar-refractivity contribution in [3.05, 3.63) is 369 Å². The number of aromatic nitrogens is 4. The van der Waals surface area contributed by atoms with Gasteiger partial charge in [0.1, 0.15) is 17.3 Å². The Labute approximate surface area is 617 Å². The highest BCUT2D eigenvalue weighted by Crippen LogP contribution is 2.38. The molecule has 0 amide bonds. The lowest BCUT2D eigenvalue weighted by molar-refractivity contribution is -0.570. The molecule has 5 nitrogen and oxygen atoms in total. The number of benzene rings is 13. The van der Waals surface area contributed by atoms with Crippen LogP contribution in [0.4, 0.5) is 0 Å². The summed E-state index contributed by atoms with van der Waals surface area (Å²) in [6, 6.07) is -2.78. The third-order valence-electron chi connectivity index (χ3n) is 16.9. The Morgan fingerprint density at radius 2 is 0.979 bits per heavy atom. The fraction of sp³-hybridized carbons (Fsp3) is 0.0562. The molecule has 0 aliphatic rings. The van der Waals surface area contributed by atoms with Crippen molar-refractivity contribution in [2.75, 3.05) is 0 Å². The second-order valence-electron chi connectivity index (χ2n) is 23.2. The Morgan fingerprint density at radius 3 is 1.57 bits per heavy atom. The van der Waals surface area contributed by atoms with Gasteiger partial charge in [-0.15, -0.1) is 0 Å². The van der Waals surface area contributed by atoms with Crippen molar-refractivity contribution in [1.29, 1.82) is 0 Å². The number of rotatable bonds is 15. The molecule has 3 aromatic heterocycles. The molecule has 0 radical (unpaired) electrons. The van der Waals surface area contributed by atoms with Gasteiger partial charge in [0.25, 0.3) is 6.33 Å². The maximum absolute atomic E-state index is 10.3. The molecule has 460 valence electrons. The molecular formula is C89H70N4OSi2. The van der Waals surface area contributed by atoms with Crippen LogP contribution in [0.1, 0.15) is 84.0 Å². The van der Waals surface area contributed by atoms with Crippen LogP contribution >= 0.6 is 0 Å². The molecule has 0 fully saturated rings. The van der Waals surface area contributed by atoms with E-state index in [0.29, 0.717) is 27.4 Å². The second-order valence-corrected chi connectivity index (χ2v) is 30.3. The standard InChI is InChI=1S/C89H70N4OSi2/c1-64-57-87(90-62-81(64)65-31-12-5-13-32-65)93-82-51-27-26-49-79(82)80-55-53-70(60-84(80)93)94-69-36-29-35-68(59-69)91-63-92(83-56-54-77(61-85(83)91)95(71-37-14-6-15-38-71,72-39-16-7-17-40-72)73-41-18-8-19-42-73)88-78(66-33-28-34-67(58-66)89(2,3)4)50-30-52-86(88)96(74-43-20-9-21-44-74,75-45-22-10-23-46-75)76-47-24-11-25-48-76/h5-62H,1-4H3/i1D3,5D,6D,7D,8D,9D,10D,11D,12D,13D,14D,15D,16D,17D,18D,19D,20D,21D,22D,23D,24D,25D,31D,32D,37D,38D,39D,40D,41D,42D,43D,44D,45D,46D,47D,48D. The van der Waals surface area contributed by atoms with E-state index in [4.69, 9.17) is 28.9 Å². The highest BCUT2D eigenvalue weighted by Gasteiger charge is 2.45. The molecule has 3 heterocycles. The summed E-state index contributed by atoms with van der Waals surface area (Å²) in [4.78, 5) is 4.72. The SMILES string of the molecule is [2H]c1c([2H])c([2H])c(-c2cnc(-n3c4ccccc4c4ccc(Oc5cccc(-n6[c-][n+](-c7c(-c8cccc(C(C)(C)C)c8)cccc7[Si](c7c([2H])c([2H])c([2H])c([2H])c7[2H])(c7c([2H])c([2H])c([2H])c([2H])c7[2H])c7c([2H])c([2H])c([2H])c([2H])c7[2H])c7ccc([Si](c8c([2H])c([2H])c([2H])c([2H])c8[2H])(c8c([2H])c([2H])c([2H])c([2H])c8[2H])c8c([2H])c([2H])c([2H])c([2H])c8[2H])cc76)c5)cc43)cc2C([2H])([2H])[2H])c([2H])c1[2H]. The lowest BCUT2D eigenvalue weighted by Crippen LogP contribution is -2.76. The normalized spacial score (nSPS) is 17.7. The topological polar surface area (TPSA) is 35.9 Å². The Balaban J connectivity index is 1.10. The Kier molecular flexibility index (Phi) is 8.04. The first-order valence-corrected chi connectivity index (χ1v) is 34.0. The second kappa shape index (κ2) is 24.8. The number of imidazole rings is 1. The van der Waals surface area contributed by atoms with Crippen molar-refractivity contribution >= 4 is 90.5 Å². The summed E-state index contributed by atoms with van der Waals surface area (Å²) in [5, 5.41) is -5.20. The quantitative estimate of drug-likeness (QED) is 0.0444. The molecule has 96 heavy (non-hydrogen) atoms. The van der Waals surface area contributed by atoms with E-state index in [9.17, 15) is 32.9 Å². The highest BCUT2D eigenvalue weighted by atomic mass is 28.3. The molecule has 0 saturated carbocycles. The van der Waals surface area contributed by atoms with Crippen LogP contribution in [0.2, 0.25) is 0 Å². The van der Waals surface area contributed by atoms with E-state index in [-0.39, 0.29) is 56.4 Å². The summed E-state index contributed by atoms with van der Waals surface area (Å²) in [6.45, 7) is 2.66. The molecule has 0 saturated heterocycles. The van der Waals surface area contributed by atoms with Crippen LogP contribution in [-0.4, -0.2) is 30.3 Å². The monoisotopic (exact) mass is 1300 g/mol. The van der Waals surface area contributed by atoms with E-state index in [0.717, 1.165) is 6.20 Å². The number of hydrogen-bond donors (Lipinski definition) is 0. The third kappa shape index (κ3) is 10.3. The van der Waals surface area contributed by atoms with Gasteiger partial charge in [0.15, 0.2) is 16.1 Å². The molecule has 0 aliphatic carbocycles. The number of aryl methyl sites for hydroxylation is 1. The van der Waals surface area contributed by atoms with E-state index in [1.54, 1.807) is 71.3 Å². The third-order valence-corrected chi connectivity index (χ3v) is 25.3. The summed E-state index contributed by atoms with van der Waals surface area (Å²) in [5.41, 5.74) is -1.05. The van der Waals surface area contributed by atoms with Crippen LogP contribution < -0.4 is 50.8 Å². The molecule has 0 bridgehead atoms. The van der Waals surface area contributed by atoms with Gasteiger partial charge >= 0.3 is 0 Å². The summed E-state index contributed by atoms with van der Waals surface area (Å²) < 4.78 is 371. The van der Waals surface area contributed by atoms with Crippen molar-refractivity contribution in [3.8, 4) is 50.9 Å². The smallest absolute Gasteiger partial charge is 0.269 e. The summed E-state index contributed by atoms with van der Waals surface area (Å²) in [6.07, 6.45) is 4.53. The van der Waals surface area contributed by atoms with Crippen LogP contribution in [0.3, 0.4) is 0 Å². The zero-order chi connectivity index (χ0) is 97.8. The predicted octanol–water partition coefficient (Wildman–Crippen LogP) is 15.7. The number of nitrogens with zero attached hydrogens (tertiary/aromatic N) is 4. The fourth-order valence-corrected chi connectivity index (χ4v) is 20.4. The molecule has 0 atom stereocenters. The van der Waals surface area contributed by atoms with E-state index < -0.39 is 293 Å². The number of para-hydroxylation sites is 2. The lowest BCUT2D eigenvalue weighted by atomic mass is 9.85. The molecule has 0 spiro atoms. The van der Waals surface area contributed by atoms with E-state index >= 15 is 0 Å². The van der Waals surface area contributed by atoms with Crippen LogP contribution in [-0.2, 0) is 5.41 Å². The minimum atomic E-state index is -6.33. The zero-order valence-corrected chi connectivity index (χ0v) is 53.0. The average molecular weight is 1310 g/mol. The highest BCUT2D eigenvalue weighted by molar-refractivity contribution is 7.20. The molecule has 16 aromatic rings. The zero-order valence-electron chi connectivity index (χ0n) is 89.0. The fourth-order valence-electron chi connectivity index (χ4n) is 12.6. The van der Waals surface area contributed by atoms with E-state index in [1.807, 2.05) is 20.8 Å². The Bertz CT molecular complexity index is 7320. The van der Waals surface area contributed by atoms with Crippen molar-refractivity contribution in [1.82, 2.24) is 14.1 Å². The van der Waals surface area contributed by atoms with Crippen LogP contribution in [0, 0.1) is 13.2 Å². The summed E-state index contributed by atoms with van der Waals surface area (Å²) in [7, 11) is -12.5. The van der Waals surface area contributed by atoms with Crippen LogP contribution in [0.25, 0.3) is 72.3 Å². The Morgan fingerprint density at radius 1 is 0.438 bits per heavy atom. The first-order valence-electron chi connectivity index (χ1n) is 49.0. The van der Waals surface area contributed by atoms with Gasteiger partial charge in [-0.1, -0.05) is 317 Å². The minimum absolute atomic E-state index is 0.00256. The minimum Gasteiger partial charge on any atom is -0.458 e. The molecule has 0 N–H and O–H groups in total. The number of hydrogen-bond acceptors (Lipinski definition) is 2. The lowest BCUT2D eigenvalue weighted by Gasteiger charge is -2.37. The van der Waals surface area contributed by atoms with Gasteiger partial charge in [-0.25, -0.2) is 4.98 Å². The maximum Gasteiger partial charge on any atom is 0.269 e. The number of pyridine rings is 1. The Hall–Kier alpha value is -11.5. The first-order chi connectivity index (χ1) is 62.9. The molecule has 16 rings (SSSR count). The van der Waals surface area contributed by atoms with Gasteiger partial charge in [0.2, 0.25) is 0 Å². The molecule has 0 aliphatic heterocycles. The maximum atomic E-state index is 10.3. The predicted molar refractivity (Wildman–Crippen MR) is 404 cm³/mol. The van der Waals surface area contributed by atoms with Crippen molar-refractivity contribution in [2.45, 2.75) is 33.0 Å².